The first-order valence-electron chi connectivity index (χ1n) is 9.71. The fourth-order valence-corrected chi connectivity index (χ4v) is 3.10. The molecule has 0 aliphatic rings. The van der Waals surface area contributed by atoms with Crippen molar-refractivity contribution >= 4 is 5.97 Å². The van der Waals surface area contributed by atoms with Gasteiger partial charge in [0.25, 0.3) is 0 Å². The van der Waals surface area contributed by atoms with Crippen LogP contribution in [0.15, 0.2) is 30.3 Å². The van der Waals surface area contributed by atoms with Crippen LogP contribution in [0, 0.1) is 0 Å². The lowest BCUT2D eigenvalue weighted by Crippen LogP contribution is -2.08. The molecule has 0 N–H and O–H groups in total. The molecule has 2 aromatic carbocycles. The minimum absolute atomic E-state index is 0.227. The molecule has 0 radical (unpaired) electrons. The highest BCUT2D eigenvalue weighted by Crippen LogP contribution is 2.38. The molecule has 0 atom stereocenters. The van der Waals surface area contributed by atoms with Crippen LogP contribution >= 0.6 is 0 Å². The van der Waals surface area contributed by atoms with Crippen molar-refractivity contribution in [3.8, 4) is 28.7 Å². The van der Waals surface area contributed by atoms with E-state index in [4.69, 9.17) is 28.4 Å². The number of hydrogen-bond acceptors (Lipinski definition) is 7. The van der Waals surface area contributed by atoms with Gasteiger partial charge in [0.05, 0.1) is 42.2 Å². The molecule has 0 spiro atoms. The quantitative estimate of drug-likeness (QED) is 0.383. The second-order valence-corrected chi connectivity index (χ2v) is 6.55. The zero-order valence-electron chi connectivity index (χ0n) is 18.3. The van der Waals surface area contributed by atoms with Gasteiger partial charge in [-0.05, 0) is 54.7 Å². The number of aryl methyl sites for hydroxylation is 2. The monoisotopic (exact) mass is 418 g/mol. The van der Waals surface area contributed by atoms with Crippen molar-refractivity contribution in [2.24, 2.45) is 0 Å². The van der Waals surface area contributed by atoms with Crippen LogP contribution in [0.5, 0.6) is 28.7 Å². The third-order valence-electron chi connectivity index (χ3n) is 4.66. The largest absolute Gasteiger partial charge is 0.493 e. The molecule has 0 heterocycles. The third kappa shape index (κ3) is 6.20. The van der Waals surface area contributed by atoms with E-state index in [1.807, 2.05) is 30.3 Å². The Balaban J connectivity index is 1.80. The fraction of sp³-hybridized carbons (Fsp3) is 0.435. The van der Waals surface area contributed by atoms with Gasteiger partial charge in [0, 0.05) is 6.42 Å². The van der Waals surface area contributed by atoms with E-state index >= 15 is 0 Å². The molecule has 0 unspecified atom stereocenters. The number of methoxy groups -OCH3 is 5. The number of rotatable bonds is 12. The SMILES string of the molecule is COc1ccc(CCC(=O)OCCCc2cc(OC)c(OC)c(OC)c2)cc1OC. The summed E-state index contributed by atoms with van der Waals surface area (Å²) in [6.07, 6.45) is 2.30. The van der Waals surface area contributed by atoms with E-state index in [1.54, 1.807) is 35.5 Å². The summed E-state index contributed by atoms with van der Waals surface area (Å²) in [5.74, 6) is 2.86. The van der Waals surface area contributed by atoms with Gasteiger partial charge in [0.2, 0.25) is 5.75 Å². The van der Waals surface area contributed by atoms with Crippen molar-refractivity contribution in [2.75, 3.05) is 42.2 Å². The van der Waals surface area contributed by atoms with Gasteiger partial charge >= 0.3 is 5.97 Å². The highest BCUT2D eigenvalue weighted by Gasteiger charge is 2.13. The molecule has 0 amide bonds. The molecule has 0 aromatic heterocycles. The van der Waals surface area contributed by atoms with Gasteiger partial charge < -0.3 is 28.4 Å². The molecule has 0 saturated carbocycles. The molecule has 0 aliphatic heterocycles. The molecule has 7 heteroatoms. The van der Waals surface area contributed by atoms with Crippen LogP contribution in [0.4, 0.5) is 0 Å². The second-order valence-electron chi connectivity index (χ2n) is 6.55. The average Bonchev–Trinajstić information content (AvgIpc) is 2.79. The summed E-state index contributed by atoms with van der Waals surface area (Å²) >= 11 is 0. The first kappa shape index (κ1) is 23.2. The Hall–Kier alpha value is -3.09. The molecule has 0 fully saturated rings. The van der Waals surface area contributed by atoms with E-state index in [0.717, 1.165) is 17.5 Å². The molecule has 0 aliphatic carbocycles. The van der Waals surface area contributed by atoms with Gasteiger partial charge in [-0.25, -0.2) is 0 Å². The number of ether oxygens (including phenoxy) is 6. The summed E-state index contributed by atoms with van der Waals surface area (Å²) in [6.45, 7) is 0.349. The van der Waals surface area contributed by atoms with E-state index < -0.39 is 0 Å². The summed E-state index contributed by atoms with van der Waals surface area (Å²) in [4.78, 5) is 12.1. The Morgan fingerprint density at radius 3 is 1.87 bits per heavy atom. The highest BCUT2D eigenvalue weighted by atomic mass is 16.5. The number of esters is 1. The van der Waals surface area contributed by atoms with E-state index in [2.05, 4.69) is 0 Å². The molecule has 2 aromatic rings. The van der Waals surface area contributed by atoms with Gasteiger partial charge in [-0.15, -0.1) is 0 Å². The molecule has 30 heavy (non-hydrogen) atoms. The maximum Gasteiger partial charge on any atom is 0.306 e. The smallest absolute Gasteiger partial charge is 0.306 e. The lowest BCUT2D eigenvalue weighted by molar-refractivity contribution is -0.143. The Kier molecular flexibility index (Phi) is 9.12. The van der Waals surface area contributed by atoms with Gasteiger partial charge in [-0.1, -0.05) is 6.07 Å². The predicted octanol–water partition coefficient (Wildman–Crippen LogP) is 3.84. The molecule has 0 bridgehead atoms. The van der Waals surface area contributed by atoms with Gasteiger partial charge in [0.1, 0.15) is 0 Å². The van der Waals surface area contributed by atoms with Crippen LogP contribution in [-0.4, -0.2) is 48.1 Å². The minimum Gasteiger partial charge on any atom is -0.493 e. The Labute approximate surface area is 177 Å². The van der Waals surface area contributed by atoms with Crippen molar-refractivity contribution in [1.29, 1.82) is 0 Å². The van der Waals surface area contributed by atoms with Crippen molar-refractivity contribution in [1.82, 2.24) is 0 Å². The van der Waals surface area contributed by atoms with Crippen LogP contribution in [0.25, 0.3) is 0 Å². The predicted molar refractivity (Wildman–Crippen MR) is 113 cm³/mol. The van der Waals surface area contributed by atoms with Crippen molar-refractivity contribution in [2.45, 2.75) is 25.7 Å². The van der Waals surface area contributed by atoms with Gasteiger partial charge in [-0.2, -0.15) is 0 Å². The lowest BCUT2D eigenvalue weighted by atomic mass is 10.1. The highest BCUT2D eigenvalue weighted by molar-refractivity contribution is 5.69. The van der Waals surface area contributed by atoms with E-state index in [1.165, 1.54) is 0 Å². The second kappa shape index (κ2) is 11.8. The Morgan fingerprint density at radius 2 is 1.30 bits per heavy atom. The zero-order valence-corrected chi connectivity index (χ0v) is 18.3. The molecular weight excluding hydrogens is 388 g/mol. The average molecular weight is 418 g/mol. The summed E-state index contributed by atoms with van der Waals surface area (Å²) in [5, 5.41) is 0. The molecule has 164 valence electrons. The number of benzene rings is 2. The van der Waals surface area contributed by atoms with Crippen LogP contribution in [0.2, 0.25) is 0 Å². The number of hydrogen-bond donors (Lipinski definition) is 0. The standard InChI is InChI=1S/C23H30O7/c1-25-18-10-8-16(13-19(18)26-2)9-11-22(24)30-12-6-7-17-14-20(27-3)23(29-5)21(15-17)28-4/h8,10,13-15H,6-7,9,11-12H2,1-5H3. The van der Waals surface area contributed by atoms with Crippen LogP contribution in [0.3, 0.4) is 0 Å². The maximum atomic E-state index is 12.1. The molecule has 7 nitrogen and oxygen atoms in total. The third-order valence-corrected chi connectivity index (χ3v) is 4.66. The maximum absolute atomic E-state index is 12.1. The zero-order chi connectivity index (χ0) is 21.9. The van der Waals surface area contributed by atoms with E-state index in [9.17, 15) is 4.79 Å². The summed E-state index contributed by atoms with van der Waals surface area (Å²) in [6, 6.07) is 9.42. The van der Waals surface area contributed by atoms with Gasteiger partial charge in [-0.3, -0.25) is 4.79 Å². The summed E-state index contributed by atoms with van der Waals surface area (Å²) in [7, 11) is 7.92. The summed E-state index contributed by atoms with van der Waals surface area (Å²) < 4.78 is 31.9. The van der Waals surface area contributed by atoms with Crippen molar-refractivity contribution < 1.29 is 33.2 Å². The van der Waals surface area contributed by atoms with Gasteiger partial charge in [0.15, 0.2) is 23.0 Å². The van der Waals surface area contributed by atoms with Crippen molar-refractivity contribution in [3.63, 3.8) is 0 Å². The van der Waals surface area contributed by atoms with Crippen molar-refractivity contribution in [3.05, 3.63) is 41.5 Å². The van der Waals surface area contributed by atoms with Crippen LogP contribution in [0.1, 0.15) is 24.0 Å². The molecule has 2 rings (SSSR count). The molecular formula is C23H30O7. The van der Waals surface area contributed by atoms with E-state index in [-0.39, 0.29) is 5.97 Å². The Bertz CT molecular complexity index is 807. The number of carbonyl (C=O) groups is 1. The fourth-order valence-electron chi connectivity index (χ4n) is 3.10. The number of carbonyl (C=O) groups excluding carboxylic acids is 1. The minimum atomic E-state index is -0.227. The first-order valence-corrected chi connectivity index (χ1v) is 9.71. The summed E-state index contributed by atoms with van der Waals surface area (Å²) in [5.41, 5.74) is 2.01. The van der Waals surface area contributed by atoms with E-state index in [0.29, 0.717) is 54.6 Å². The molecule has 0 saturated heterocycles. The normalized spacial score (nSPS) is 10.3. The van der Waals surface area contributed by atoms with Crippen LogP contribution < -0.4 is 23.7 Å². The van der Waals surface area contributed by atoms with Crippen LogP contribution in [-0.2, 0) is 22.4 Å². The first-order chi connectivity index (χ1) is 14.6. The Morgan fingerprint density at radius 1 is 0.700 bits per heavy atom. The topological polar surface area (TPSA) is 72.5 Å². The lowest BCUT2D eigenvalue weighted by Gasteiger charge is -2.14.